The molecule has 2 heterocycles. The summed E-state index contributed by atoms with van der Waals surface area (Å²) in [7, 11) is 1.93. The number of aromatic amines is 1. The second-order valence-electron chi connectivity index (χ2n) is 4.27. The largest absolute Gasteiger partial charge is 0.389 e. The van der Waals surface area contributed by atoms with Crippen LogP contribution in [0.15, 0.2) is 36.9 Å². The van der Waals surface area contributed by atoms with Gasteiger partial charge >= 0.3 is 0 Å². The number of H-pyrrole nitrogens is 1. The van der Waals surface area contributed by atoms with Crippen molar-refractivity contribution in [2.24, 2.45) is 5.73 Å². The number of fused-ring (bicyclic) bond motifs is 1. The number of benzene rings is 1. The topological polar surface area (TPSA) is 83.7 Å². The van der Waals surface area contributed by atoms with Gasteiger partial charge in [-0.15, -0.1) is 0 Å². The van der Waals surface area contributed by atoms with Gasteiger partial charge in [0.2, 0.25) is 0 Å². The quantitative estimate of drug-likeness (QED) is 0.713. The van der Waals surface area contributed by atoms with Gasteiger partial charge in [0.15, 0.2) is 11.5 Å². The monoisotopic (exact) mass is 284 g/mol. The summed E-state index contributed by atoms with van der Waals surface area (Å²) in [6.45, 7) is 0. The van der Waals surface area contributed by atoms with E-state index in [2.05, 4.69) is 19.9 Å². The van der Waals surface area contributed by atoms with Crippen LogP contribution in [0, 0.1) is 0 Å². The summed E-state index contributed by atoms with van der Waals surface area (Å²) < 4.78 is 0. The summed E-state index contributed by atoms with van der Waals surface area (Å²) in [5.74, 6) is 0.760. The van der Waals surface area contributed by atoms with Crippen molar-refractivity contribution in [2.75, 3.05) is 11.9 Å². The number of hydrogen-bond acceptors (Lipinski definition) is 5. The first-order valence-corrected chi connectivity index (χ1v) is 6.35. The van der Waals surface area contributed by atoms with E-state index >= 15 is 0 Å². The van der Waals surface area contributed by atoms with E-state index in [0.717, 1.165) is 22.6 Å². The third-order valence-corrected chi connectivity index (χ3v) is 3.30. The molecule has 0 amide bonds. The van der Waals surface area contributed by atoms with Gasteiger partial charge in [-0.2, -0.15) is 0 Å². The summed E-state index contributed by atoms with van der Waals surface area (Å²) in [6, 6.07) is 7.66. The van der Waals surface area contributed by atoms with Crippen LogP contribution in [-0.4, -0.2) is 32.0 Å². The zero-order chi connectivity index (χ0) is 14.1. The molecule has 0 saturated heterocycles. The van der Waals surface area contributed by atoms with Crippen LogP contribution in [0.3, 0.4) is 0 Å². The van der Waals surface area contributed by atoms with Gasteiger partial charge in [0, 0.05) is 18.3 Å². The number of thiocarbonyl (C=S) groups is 1. The summed E-state index contributed by atoms with van der Waals surface area (Å²) in [4.78, 5) is 17.9. The summed E-state index contributed by atoms with van der Waals surface area (Å²) in [5, 5.41) is 0. The predicted octanol–water partition coefficient (Wildman–Crippen LogP) is 1.75. The minimum absolute atomic E-state index is 0.386. The van der Waals surface area contributed by atoms with Crippen molar-refractivity contribution in [3.05, 3.63) is 42.5 Å². The molecule has 2 aromatic heterocycles. The molecule has 3 rings (SSSR count). The van der Waals surface area contributed by atoms with Crippen LogP contribution in [0.2, 0.25) is 0 Å². The molecule has 0 atom stereocenters. The number of hydrogen-bond donors (Lipinski definition) is 2. The molecule has 3 N–H and O–H groups in total. The summed E-state index contributed by atoms with van der Waals surface area (Å²) >= 11 is 4.95. The number of aromatic nitrogens is 4. The lowest BCUT2D eigenvalue weighted by Crippen LogP contribution is -2.13. The molecule has 6 nitrogen and oxygen atoms in total. The van der Waals surface area contributed by atoms with Crippen molar-refractivity contribution in [1.29, 1.82) is 0 Å². The Bertz CT molecular complexity index is 764. The zero-order valence-electron chi connectivity index (χ0n) is 10.7. The first kappa shape index (κ1) is 12.5. The Morgan fingerprint density at radius 1 is 1.20 bits per heavy atom. The molecule has 0 aliphatic carbocycles. The van der Waals surface area contributed by atoms with Crippen LogP contribution >= 0.6 is 12.2 Å². The molecule has 1 aromatic carbocycles. The molecule has 0 unspecified atom stereocenters. The highest BCUT2D eigenvalue weighted by molar-refractivity contribution is 7.80. The Kier molecular flexibility index (Phi) is 3.03. The Morgan fingerprint density at radius 2 is 1.95 bits per heavy atom. The molecule has 20 heavy (non-hydrogen) atoms. The predicted molar refractivity (Wildman–Crippen MR) is 82.1 cm³/mol. The maximum atomic E-state index is 5.60. The molecular weight excluding hydrogens is 272 g/mol. The van der Waals surface area contributed by atoms with Gasteiger partial charge in [-0.05, 0) is 24.3 Å². The Labute approximate surface area is 120 Å². The average molecular weight is 284 g/mol. The number of anilines is 2. The molecule has 0 fully saturated rings. The van der Waals surface area contributed by atoms with Crippen molar-refractivity contribution >= 4 is 39.9 Å². The fourth-order valence-corrected chi connectivity index (χ4v) is 2.11. The van der Waals surface area contributed by atoms with Crippen LogP contribution < -0.4 is 10.6 Å². The maximum Gasteiger partial charge on any atom is 0.182 e. The zero-order valence-corrected chi connectivity index (χ0v) is 11.6. The van der Waals surface area contributed by atoms with Crippen molar-refractivity contribution < 1.29 is 0 Å². The lowest BCUT2D eigenvalue weighted by molar-refractivity contribution is 1.10. The molecule has 0 saturated carbocycles. The van der Waals surface area contributed by atoms with E-state index in [1.165, 1.54) is 6.33 Å². The van der Waals surface area contributed by atoms with E-state index in [9.17, 15) is 0 Å². The van der Waals surface area contributed by atoms with Crippen LogP contribution in [0.1, 0.15) is 5.56 Å². The molecule has 100 valence electrons. The molecule has 0 radical (unpaired) electrons. The van der Waals surface area contributed by atoms with Crippen LogP contribution in [-0.2, 0) is 0 Å². The van der Waals surface area contributed by atoms with Gasteiger partial charge in [-0.3, -0.25) is 0 Å². The van der Waals surface area contributed by atoms with E-state index < -0.39 is 0 Å². The normalized spacial score (nSPS) is 10.7. The number of imidazole rings is 1. The molecular formula is C13H12N6S. The lowest BCUT2D eigenvalue weighted by Gasteiger charge is -2.18. The third kappa shape index (κ3) is 2.08. The maximum absolute atomic E-state index is 5.60. The van der Waals surface area contributed by atoms with Crippen molar-refractivity contribution in [1.82, 2.24) is 19.9 Å². The van der Waals surface area contributed by atoms with Gasteiger partial charge in [-0.25, -0.2) is 15.0 Å². The SMILES string of the molecule is CN(c1ccc(C(N)=S)cc1)c1ncnc2nc[nH]c12. The van der Waals surface area contributed by atoms with Gasteiger partial charge in [-0.1, -0.05) is 12.2 Å². The van der Waals surface area contributed by atoms with Crippen molar-refractivity contribution in [3.63, 3.8) is 0 Å². The first-order chi connectivity index (χ1) is 9.66. The fraction of sp³-hybridized carbons (Fsp3) is 0.0769. The highest BCUT2D eigenvalue weighted by atomic mass is 32.1. The van der Waals surface area contributed by atoms with Gasteiger partial charge in [0.25, 0.3) is 0 Å². The molecule has 0 spiro atoms. The van der Waals surface area contributed by atoms with Crippen molar-refractivity contribution in [3.8, 4) is 0 Å². The Balaban J connectivity index is 2.01. The number of nitrogens with zero attached hydrogens (tertiary/aromatic N) is 4. The minimum Gasteiger partial charge on any atom is -0.389 e. The number of nitrogens with two attached hydrogens (primary N) is 1. The smallest absolute Gasteiger partial charge is 0.182 e. The van der Waals surface area contributed by atoms with Gasteiger partial charge in [0.1, 0.15) is 16.8 Å². The first-order valence-electron chi connectivity index (χ1n) is 5.94. The standard InChI is InChI=1S/C13H12N6S/c1-19(9-4-2-8(3-5-9)11(14)20)13-10-12(16-6-15-10)17-7-18-13/h2-7H,1H3,(H2,14,20)(H,15,16,17,18). The number of nitrogens with one attached hydrogen (secondary N) is 1. The Morgan fingerprint density at radius 3 is 2.65 bits per heavy atom. The van der Waals surface area contributed by atoms with E-state index in [1.54, 1.807) is 6.33 Å². The van der Waals surface area contributed by atoms with Gasteiger partial charge in [0.05, 0.1) is 6.33 Å². The molecule has 0 bridgehead atoms. The summed E-state index contributed by atoms with van der Waals surface area (Å²) in [5.41, 5.74) is 8.85. The highest BCUT2D eigenvalue weighted by Crippen LogP contribution is 2.26. The third-order valence-electron chi connectivity index (χ3n) is 3.06. The second kappa shape index (κ2) is 4.86. The van der Waals surface area contributed by atoms with E-state index in [-0.39, 0.29) is 0 Å². The average Bonchev–Trinajstić information content (AvgIpc) is 2.95. The highest BCUT2D eigenvalue weighted by Gasteiger charge is 2.12. The van der Waals surface area contributed by atoms with Gasteiger partial charge < -0.3 is 15.6 Å². The van der Waals surface area contributed by atoms with Crippen LogP contribution in [0.25, 0.3) is 11.2 Å². The van der Waals surface area contributed by atoms with Crippen LogP contribution in [0.4, 0.5) is 11.5 Å². The molecule has 0 aliphatic heterocycles. The van der Waals surface area contributed by atoms with Crippen molar-refractivity contribution in [2.45, 2.75) is 0 Å². The van der Waals surface area contributed by atoms with E-state index in [1.807, 2.05) is 36.2 Å². The second-order valence-corrected chi connectivity index (χ2v) is 4.71. The molecule has 7 heteroatoms. The van der Waals surface area contributed by atoms with E-state index in [4.69, 9.17) is 18.0 Å². The number of rotatable bonds is 3. The lowest BCUT2D eigenvalue weighted by atomic mass is 10.2. The Hall–Kier alpha value is -2.54. The van der Waals surface area contributed by atoms with E-state index in [0.29, 0.717) is 10.6 Å². The molecule has 0 aliphatic rings. The van der Waals surface area contributed by atoms with Crippen LogP contribution in [0.5, 0.6) is 0 Å². The summed E-state index contributed by atoms with van der Waals surface area (Å²) in [6.07, 6.45) is 3.10. The fourth-order valence-electron chi connectivity index (χ4n) is 1.98. The minimum atomic E-state index is 0.386. The molecule has 3 aromatic rings.